The van der Waals surface area contributed by atoms with Gasteiger partial charge in [-0.2, -0.15) is 0 Å². The van der Waals surface area contributed by atoms with E-state index in [1.54, 1.807) is 14.0 Å². The highest BCUT2D eigenvalue weighted by molar-refractivity contribution is 5.82. The Morgan fingerprint density at radius 2 is 1.82 bits per heavy atom. The van der Waals surface area contributed by atoms with E-state index in [-0.39, 0.29) is 17.9 Å². The molecule has 1 saturated carbocycles. The third-order valence-electron chi connectivity index (χ3n) is 4.87. The number of carbonyl (C=O) groups excluding carboxylic acids is 2. The van der Waals surface area contributed by atoms with E-state index < -0.39 is 0 Å². The average molecular weight is 311 g/mol. The third kappa shape index (κ3) is 4.43. The molecule has 1 aliphatic heterocycles. The lowest BCUT2D eigenvalue weighted by Crippen LogP contribution is -2.58. The predicted molar refractivity (Wildman–Crippen MR) is 84.5 cm³/mol. The number of carbonyl (C=O) groups is 2. The summed E-state index contributed by atoms with van der Waals surface area (Å²) in [6, 6.07) is -0.0477. The van der Waals surface area contributed by atoms with Gasteiger partial charge in [-0.3, -0.25) is 14.5 Å². The maximum absolute atomic E-state index is 12.6. The molecule has 1 aliphatic carbocycles. The maximum atomic E-state index is 12.6. The van der Waals surface area contributed by atoms with Crippen LogP contribution in [0.4, 0.5) is 0 Å². The lowest BCUT2D eigenvalue weighted by molar-refractivity contribution is -0.133. The fourth-order valence-corrected chi connectivity index (χ4v) is 3.65. The number of nitrogens with zero attached hydrogens (tertiary/aromatic N) is 2. The topological polar surface area (TPSA) is 61.9 Å². The minimum absolute atomic E-state index is 0.0477. The molecule has 1 heterocycles. The zero-order valence-corrected chi connectivity index (χ0v) is 13.8. The van der Waals surface area contributed by atoms with Crippen LogP contribution in [0.3, 0.4) is 0 Å². The van der Waals surface area contributed by atoms with Gasteiger partial charge in [-0.05, 0) is 18.8 Å². The summed E-state index contributed by atoms with van der Waals surface area (Å²) in [5, 5.41) is 3.01. The molecule has 0 aromatic carbocycles. The molecular formula is C16H29N3O3. The lowest BCUT2D eigenvalue weighted by atomic mass is 9.95. The molecule has 2 fully saturated rings. The molecule has 0 aromatic heterocycles. The van der Waals surface area contributed by atoms with Crippen molar-refractivity contribution in [1.29, 1.82) is 0 Å². The minimum Gasteiger partial charge on any atom is -0.383 e. The largest absolute Gasteiger partial charge is 0.383 e. The van der Waals surface area contributed by atoms with Crippen molar-refractivity contribution in [1.82, 2.24) is 15.1 Å². The molecule has 0 bridgehead atoms. The molecule has 6 heteroatoms. The summed E-state index contributed by atoms with van der Waals surface area (Å²) in [7, 11) is 1.64. The highest BCUT2D eigenvalue weighted by Gasteiger charge is 2.36. The Kier molecular flexibility index (Phi) is 6.64. The van der Waals surface area contributed by atoms with Gasteiger partial charge in [0.05, 0.1) is 12.6 Å². The Morgan fingerprint density at radius 1 is 1.18 bits per heavy atom. The second-order valence-corrected chi connectivity index (χ2v) is 6.32. The average Bonchev–Trinajstić information content (AvgIpc) is 3.02. The SMILES string of the molecule is COCCNC(=O)[C@H](C1CCCC1)N1CCN(C(C)=O)CC1. The van der Waals surface area contributed by atoms with Crippen molar-refractivity contribution in [3.8, 4) is 0 Å². The van der Waals surface area contributed by atoms with Gasteiger partial charge < -0.3 is 15.0 Å². The minimum atomic E-state index is -0.0477. The van der Waals surface area contributed by atoms with E-state index in [1.807, 2.05) is 4.90 Å². The fourth-order valence-electron chi connectivity index (χ4n) is 3.65. The number of hydrogen-bond acceptors (Lipinski definition) is 4. The van der Waals surface area contributed by atoms with Gasteiger partial charge in [0, 0.05) is 46.8 Å². The summed E-state index contributed by atoms with van der Waals surface area (Å²) >= 11 is 0. The van der Waals surface area contributed by atoms with Crippen molar-refractivity contribution >= 4 is 11.8 Å². The van der Waals surface area contributed by atoms with E-state index in [2.05, 4.69) is 10.2 Å². The summed E-state index contributed by atoms with van der Waals surface area (Å²) in [4.78, 5) is 28.2. The Morgan fingerprint density at radius 3 is 2.36 bits per heavy atom. The molecule has 0 radical (unpaired) electrons. The van der Waals surface area contributed by atoms with Gasteiger partial charge in [0.25, 0.3) is 0 Å². The normalized spacial score (nSPS) is 21.8. The smallest absolute Gasteiger partial charge is 0.237 e. The van der Waals surface area contributed by atoms with Crippen molar-refractivity contribution in [2.24, 2.45) is 5.92 Å². The van der Waals surface area contributed by atoms with Gasteiger partial charge in [-0.25, -0.2) is 0 Å². The Hall–Kier alpha value is -1.14. The quantitative estimate of drug-likeness (QED) is 0.725. The summed E-state index contributed by atoms with van der Waals surface area (Å²) in [5.74, 6) is 0.702. The second kappa shape index (κ2) is 8.48. The fraction of sp³-hybridized carbons (Fsp3) is 0.875. The number of hydrogen-bond donors (Lipinski definition) is 1. The van der Waals surface area contributed by atoms with E-state index in [0.29, 0.717) is 19.1 Å². The number of methoxy groups -OCH3 is 1. The zero-order chi connectivity index (χ0) is 15.9. The van der Waals surface area contributed by atoms with Gasteiger partial charge in [0.1, 0.15) is 0 Å². The van der Waals surface area contributed by atoms with Crippen LogP contribution in [0, 0.1) is 5.92 Å². The summed E-state index contributed by atoms with van der Waals surface area (Å²) in [6.45, 7) is 5.75. The van der Waals surface area contributed by atoms with Crippen LogP contribution in [0.15, 0.2) is 0 Å². The van der Waals surface area contributed by atoms with E-state index in [1.165, 1.54) is 12.8 Å². The van der Waals surface area contributed by atoms with E-state index in [9.17, 15) is 9.59 Å². The van der Waals surface area contributed by atoms with Gasteiger partial charge in [-0.15, -0.1) is 0 Å². The van der Waals surface area contributed by atoms with E-state index >= 15 is 0 Å². The standard InChI is InChI=1S/C16H29N3O3/c1-13(20)18-8-10-19(11-9-18)15(14-5-3-4-6-14)16(21)17-7-12-22-2/h14-15H,3-12H2,1-2H3,(H,17,21)/t15-/m0/s1. The highest BCUT2D eigenvalue weighted by atomic mass is 16.5. The maximum Gasteiger partial charge on any atom is 0.237 e. The van der Waals surface area contributed by atoms with Crippen LogP contribution in [0.2, 0.25) is 0 Å². The first-order valence-corrected chi connectivity index (χ1v) is 8.39. The highest BCUT2D eigenvalue weighted by Crippen LogP contribution is 2.31. The number of piperazine rings is 1. The Balaban J connectivity index is 1.95. The van der Waals surface area contributed by atoms with Crippen LogP contribution in [0.5, 0.6) is 0 Å². The number of ether oxygens (including phenoxy) is 1. The molecule has 0 unspecified atom stereocenters. The van der Waals surface area contributed by atoms with Gasteiger partial charge >= 0.3 is 0 Å². The summed E-state index contributed by atoms with van der Waals surface area (Å²) < 4.78 is 5.01. The monoisotopic (exact) mass is 311 g/mol. The third-order valence-corrected chi connectivity index (χ3v) is 4.87. The molecular weight excluding hydrogens is 282 g/mol. The molecule has 1 N–H and O–H groups in total. The zero-order valence-electron chi connectivity index (χ0n) is 13.8. The van der Waals surface area contributed by atoms with Crippen molar-refractivity contribution < 1.29 is 14.3 Å². The van der Waals surface area contributed by atoms with E-state index in [4.69, 9.17) is 4.74 Å². The van der Waals surface area contributed by atoms with Gasteiger partial charge in [0.2, 0.25) is 11.8 Å². The first kappa shape index (κ1) is 17.2. The van der Waals surface area contributed by atoms with Crippen LogP contribution in [-0.4, -0.2) is 74.1 Å². The molecule has 6 nitrogen and oxygen atoms in total. The van der Waals surface area contributed by atoms with Crippen molar-refractivity contribution in [3.63, 3.8) is 0 Å². The van der Waals surface area contributed by atoms with Crippen molar-refractivity contribution in [2.45, 2.75) is 38.6 Å². The molecule has 0 aromatic rings. The molecule has 126 valence electrons. The lowest BCUT2D eigenvalue weighted by Gasteiger charge is -2.40. The molecule has 1 saturated heterocycles. The first-order chi connectivity index (χ1) is 10.6. The first-order valence-electron chi connectivity index (χ1n) is 8.39. The summed E-state index contributed by atoms with van der Waals surface area (Å²) in [6.07, 6.45) is 4.71. The molecule has 22 heavy (non-hydrogen) atoms. The van der Waals surface area contributed by atoms with Crippen LogP contribution in [-0.2, 0) is 14.3 Å². The van der Waals surface area contributed by atoms with Gasteiger partial charge in [0.15, 0.2) is 0 Å². The predicted octanol–water partition coefficient (Wildman–Crippen LogP) is 0.472. The van der Waals surface area contributed by atoms with Gasteiger partial charge in [-0.1, -0.05) is 12.8 Å². The molecule has 1 atom stereocenters. The van der Waals surface area contributed by atoms with Crippen LogP contribution in [0.25, 0.3) is 0 Å². The van der Waals surface area contributed by atoms with E-state index in [0.717, 1.165) is 39.0 Å². The van der Waals surface area contributed by atoms with Crippen molar-refractivity contribution in [3.05, 3.63) is 0 Å². The molecule has 2 aliphatic rings. The Bertz CT molecular complexity index is 375. The Labute approximate surface area is 133 Å². The number of nitrogens with one attached hydrogen (secondary N) is 1. The summed E-state index contributed by atoms with van der Waals surface area (Å²) in [5.41, 5.74) is 0. The second-order valence-electron chi connectivity index (χ2n) is 6.32. The molecule has 0 spiro atoms. The number of rotatable bonds is 6. The van der Waals surface area contributed by atoms with Crippen LogP contribution < -0.4 is 5.32 Å². The van der Waals surface area contributed by atoms with Crippen LogP contribution >= 0.6 is 0 Å². The molecule has 2 rings (SSSR count). The number of amides is 2. The molecule has 2 amide bonds. The van der Waals surface area contributed by atoms with Crippen molar-refractivity contribution in [2.75, 3.05) is 46.4 Å². The van der Waals surface area contributed by atoms with Crippen LogP contribution in [0.1, 0.15) is 32.6 Å².